The molecule has 1 aromatic carbocycles. The summed E-state index contributed by atoms with van der Waals surface area (Å²) in [5.41, 5.74) is -0.387. The summed E-state index contributed by atoms with van der Waals surface area (Å²) < 4.78 is 38.8. The molecule has 2 fully saturated rings. The Labute approximate surface area is 156 Å². The molecule has 144 valence electrons. The quantitative estimate of drug-likeness (QED) is 0.770. The maximum absolute atomic E-state index is 12.9. The number of alkyl halides is 3. The molecule has 2 aliphatic rings. The highest BCUT2D eigenvalue weighted by Crippen LogP contribution is 2.33. The summed E-state index contributed by atoms with van der Waals surface area (Å²) in [6.45, 7) is 2.15. The number of nitrogens with one attached hydrogen (secondary N) is 1. The van der Waals surface area contributed by atoms with Crippen LogP contribution in [-0.4, -0.2) is 42.2 Å². The molecule has 1 saturated carbocycles. The molecule has 3 nitrogen and oxygen atoms in total. The number of thioether (sulfide) groups is 1. The van der Waals surface area contributed by atoms with Gasteiger partial charge in [0.25, 0.3) is 5.91 Å². The molecule has 1 aliphatic heterocycles. The molecule has 0 unspecified atom stereocenters. The molecule has 1 saturated heterocycles. The Morgan fingerprint density at radius 1 is 1.15 bits per heavy atom. The summed E-state index contributed by atoms with van der Waals surface area (Å²) in [6, 6.07) is 3.79. The van der Waals surface area contributed by atoms with Gasteiger partial charge in [0, 0.05) is 17.0 Å². The zero-order valence-electron chi connectivity index (χ0n) is 14.9. The van der Waals surface area contributed by atoms with Gasteiger partial charge in [-0.1, -0.05) is 12.8 Å². The van der Waals surface area contributed by atoms with Gasteiger partial charge < -0.3 is 5.32 Å². The second-order valence-corrected chi connectivity index (χ2v) is 7.94. The first-order valence-electron chi connectivity index (χ1n) is 9.20. The van der Waals surface area contributed by atoms with Crippen LogP contribution >= 0.6 is 11.8 Å². The molecule has 2 atom stereocenters. The van der Waals surface area contributed by atoms with Gasteiger partial charge in [0.05, 0.1) is 11.1 Å². The van der Waals surface area contributed by atoms with E-state index >= 15 is 0 Å². The SMILES string of the molecule is CSc1cc(C(F)(F)F)ccc1C(=O)N[C@H]1CCCC[C@@H]1N1CCCC1. The average Bonchev–Trinajstić information content (AvgIpc) is 3.15. The summed E-state index contributed by atoms with van der Waals surface area (Å²) in [5, 5.41) is 3.12. The van der Waals surface area contributed by atoms with E-state index < -0.39 is 11.7 Å². The third kappa shape index (κ3) is 4.36. The van der Waals surface area contributed by atoms with Crippen LogP contribution < -0.4 is 5.32 Å². The van der Waals surface area contributed by atoms with Crippen molar-refractivity contribution in [1.29, 1.82) is 0 Å². The third-order valence-electron chi connectivity index (χ3n) is 5.43. The molecule has 0 aromatic heterocycles. The van der Waals surface area contributed by atoms with Crippen LogP contribution in [0.5, 0.6) is 0 Å². The normalized spacial score (nSPS) is 24.6. The van der Waals surface area contributed by atoms with Crippen molar-refractivity contribution in [2.24, 2.45) is 0 Å². The van der Waals surface area contributed by atoms with Crippen molar-refractivity contribution in [3.8, 4) is 0 Å². The minimum absolute atomic E-state index is 0.0753. The van der Waals surface area contributed by atoms with Crippen molar-refractivity contribution in [3.05, 3.63) is 29.3 Å². The van der Waals surface area contributed by atoms with Crippen molar-refractivity contribution in [1.82, 2.24) is 10.2 Å². The minimum Gasteiger partial charge on any atom is -0.348 e. The summed E-state index contributed by atoms with van der Waals surface area (Å²) >= 11 is 1.17. The molecular weight excluding hydrogens is 361 g/mol. The molecule has 7 heteroatoms. The van der Waals surface area contributed by atoms with Crippen molar-refractivity contribution < 1.29 is 18.0 Å². The second kappa shape index (κ2) is 8.21. The van der Waals surface area contributed by atoms with Gasteiger partial charge in [-0.3, -0.25) is 9.69 Å². The van der Waals surface area contributed by atoms with Crippen LogP contribution in [0.25, 0.3) is 0 Å². The van der Waals surface area contributed by atoms with E-state index in [9.17, 15) is 18.0 Å². The van der Waals surface area contributed by atoms with Crippen molar-refractivity contribution in [2.45, 2.75) is 61.7 Å². The molecular formula is C19H25F3N2OS. The Balaban J connectivity index is 1.76. The van der Waals surface area contributed by atoms with E-state index in [0.717, 1.165) is 44.5 Å². The minimum atomic E-state index is -4.40. The predicted molar refractivity (Wildman–Crippen MR) is 97.5 cm³/mol. The van der Waals surface area contributed by atoms with Crippen LogP contribution in [0.3, 0.4) is 0 Å². The highest BCUT2D eigenvalue weighted by molar-refractivity contribution is 7.98. The number of amides is 1. The monoisotopic (exact) mass is 386 g/mol. The molecule has 0 spiro atoms. The lowest BCUT2D eigenvalue weighted by Gasteiger charge is -2.38. The second-order valence-electron chi connectivity index (χ2n) is 7.09. The highest BCUT2D eigenvalue weighted by atomic mass is 32.2. The lowest BCUT2D eigenvalue weighted by atomic mass is 9.89. The molecule has 3 rings (SSSR count). The van der Waals surface area contributed by atoms with E-state index in [1.165, 1.54) is 37.1 Å². The van der Waals surface area contributed by atoms with Crippen LogP contribution in [0, 0.1) is 0 Å². The largest absolute Gasteiger partial charge is 0.416 e. The van der Waals surface area contributed by atoms with E-state index in [2.05, 4.69) is 10.2 Å². The fourth-order valence-electron chi connectivity index (χ4n) is 4.09. The summed E-state index contributed by atoms with van der Waals surface area (Å²) in [7, 11) is 0. The number of benzene rings is 1. The number of hydrogen-bond donors (Lipinski definition) is 1. The first-order chi connectivity index (χ1) is 12.4. The zero-order chi connectivity index (χ0) is 18.7. The Bertz CT molecular complexity index is 644. The average molecular weight is 386 g/mol. The molecule has 1 aromatic rings. The van der Waals surface area contributed by atoms with Crippen molar-refractivity contribution in [3.63, 3.8) is 0 Å². The zero-order valence-corrected chi connectivity index (χ0v) is 15.8. The predicted octanol–water partition coefficient (Wildman–Crippen LogP) is 4.56. The number of rotatable bonds is 4. The number of hydrogen-bond acceptors (Lipinski definition) is 3. The summed E-state index contributed by atoms with van der Waals surface area (Å²) in [6.07, 6.45) is 3.96. The van der Waals surface area contributed by atoms with Gasteiger partial charge in [-0.05, 0) is 63.2 Å². The van der Waals surface area contributed by atoms with Crippen LogP contribution in [-0.2, 0) is 6.18 Å². The molecule has 26 heavy (non-hydrogen) atoms. The van der Waals surface area contributed by atoms with E-state index in [1.54, 1.807) is 6.26 Å². The van der Waals surface area contributed by atoms with Gasteiger partial charge in [-0.2, -0.15) is 13.2 Å². The van der Waals surface area contributed by atoms with Crippen LogP contribution in [0.2, 0.25) is 0 Å². The van der Waals surface area contributed by atoms with E-state index in [-0.39, 0.29) is 11.9 Å². The van der Waals surface area contributed by atoms with Gasteiger partial charge in [0.2, 0.25) is 0 Å². The van der Waals surface area contributed by atoms with Crippen molar-refractivity contribution in [2.75, 3.05) is 19.3 Å². The first-order valence-corrected chi connectivity index (χ1v) is 10.4. The Morgan fingerprint density at radius 2 is 1.85 bits per heavy atom. The summed E-state index contributed by atoms with van der Waals surface area (Å²) in [4.78, 5) is 15.6. The summed E-state index contributed by atoms with van der Waals surface area (Å²) in [5.74, 6) is -0.265. The molecule has 0 radical (unpaired) electrons. The Morgan fingerprint density at radius 3 is 2.50 bits per heavy atom. The number of likely N-dealkylation sites (tertiary alicyclic amines) is 1. The topological polar surface area (TPSA) is 32.3 Å². The molecule has 1 amide bonds. The first kappa shape index (κ1) is 19.5. The Hall–Kier alpha value is -1.21. The van der Waals surface area contributed by atoms with Gasteiger partial charge in [-0.25, -0.2) is 0 Å². The van der Waals surface area contributed by atoms with E-state index in [4.69, 9.17) is 0 Å². The van der Waals surface area contributed by atoms with Gasteiger partial charge in [0.15, 0.2) is 0 Å². The lowest BCUT2D eigenvalue weighted by molar-refractivity contribution is -0.137. The molecule has 1 heterocycles. The molecule has 0 bridgehead atoms. The van der Waals surface area contributed by atoms with Crippen LogP contribution in [0.4, 0.5) is 13.2 Å². The van der Waals surface area contributed by atoms with Crippen LogP contribution in [0.15, 0.2) is 23.1 Å². The smallest absolute Gasteiger partial charge is 0.348 e. The van der Waals surface area contributed by atoms with E-state index in [1.807, 2.05) is 0 Å². The lowest BCUT2D eigenvalue weighted by Crippen LogP contribution is -2.52. The number of carbonyl (C=O) groups is 1. The number of halogens is 3. The Kier molecular flexibility index (Phi) is 6.17. The molecule has 1 aliphatic carbocycles. The highest BCUT2D eigenvalue weighted by Gasteiger charge is 2.34. The fraction of sp³-hybridized carbons (Fsp3) is 0.632. The fourth-order valence-corrected chi connectivity index (χ4v) is 4.72. The van der Waals surface area contributed by atoms with E-state index in [0.29, 0.717) is 16.5 Å². The maximum Gasteiger partial charge on any atom is 0.416 e. The standard InChI is InChI=1S/C19H25F3N2OS/c1-26-17-12-13(19(20,21)22)8-9-14(17)18(25)23-15-6-2-3-7-16(15)24-10-4-5-11-24/h8-9,12,15-16H,2-7,10-11H2,1H3,(H,23,25)/t15-,16-/m0/s1. The maximum atomic E-state index is 12.9. The van der Waals surface area contributed by atoms with Gasteiger partial charge >= 0.3 is 6.18 Å². The van der Waals surface area contributed by atoms with Gasteiger partial charge in [0.1, 0.15) is 0 Å². The number of carbonyl (C=O) groups excluding carboxylic acids is 1. The molecule has 1 N–H and O–H groups in total. The van der Waals surface area contributed by atoms with Gasteiger partial charge in [-0.15, -0.1) is 11.8 Å². The number of nitrogens with zero attached hydrogens (tertiary/aromatic N) is 1. The van der Waals surface area contributed by atoms with Crippen LogP contribution in [0.1, 0.15) is 54.4 Å². The van der Waals surface area contributed by atoms with Crippen molar-refractivity contribution >= 4 is 17.7 Å². The third-order valence-corrected chi connectivity index (χ3v) is 6.21.